The van der Waals surface area contributed by atoms with E-state index in [0.717, 1.165) is 5.75 Å². The van der Waals surface area contributed by atoms with E-state index in [0.29, 0.717) is 12.1 Å². The number of ether oxygens (including phenoxy) is 1. The van der Waals surface area contributed by atoms with Gasteiger partial charge in [-0.3, -0.25) is 0 Å². The smallest absolute Gasteiger partial charge is 0.120 e. The summed E-state index contributed by atoms with van der Waals surface area (Å²) in [4.78, 5) is 0. The molecule has 1 aromatic carbocycles. The summed E-state index contributed by atoms with van der Waals surface area (Å²) in [6.45, 7) is 8.49. The highest BCUT2D eigenvalue weighted by Gasteiger charge is 2.12. The van der Waals surface area contributed by atoms with Gasteiger partial charge in [0, 0.05) is 12.1 Å². The minimum absolute atomic E-state index is 0.207. The third-order valence-electron chi connectivity index (χ3n) is 3.27. The highest BCUT2D eigenvalue weighted by atomic mass is 32.1. The summed E-state index contributed by atoms with van der Waals surface area (Å²) in [5.74, 6) is 0.939. The van der Waals surface area contributed by atoms with Gasteiger partial charge in [-0.05, 0) is 67.8 Å². The largest absolute Gasteiger partial charge is 0.491 e. The van der Waals surface area contributed by atoms with Gasteiger partial charge in [0.2, 0.25) is 0 Å². The van der Waals surface area contributed by atoms with Crippen molar-refractivity contribution >= 4 is 11.3 Å². The van der Waals surface area contributed by atoms with Crippen LogP contribution < -0.4 is 10.1 Å². The lowest BCUT2D eigenvalue weighted by molar-refractivity contribution is 0.242. The molecule has 2 atom stereocenters. The fraction of sp³-hybridized carbons (Fsp3) is 0.412. The molecule has 2 rings (SSSR count). The first-order chi connectivity index (χ1) is 9.56. The Balaban J connectivity index is 2.03. The molecule has 0 aliphatic heterocycles. The zero-order chi connectivity index (χ0) is 14.5. The number of rotatable bonds is 6. The Morgan fingerprint density at radius 2 is 1.75 bits per heavy atom. The van der Waals surface area contributed by atoms with Gasteiger partial charge in [0.25, 0.3) is 0 Å². The van der Waals surface area contributed by atoms with Crippen molar-refractivity contribution in [3.63, 3.8) is 0 Å². The molecule has 2 nitrogen and oxygen atoms in total. The highest BCUT2D eigenvalue weighted by molar-refractivity contribution is 7.07. The Hall–Kier alpha value is -1.32. The van der Waals surface area contributed by atoms with E-state index in [1.807, 2.05) is 19.9 Å². The molecule has 1 heterocycles. The maximum Gasteiger partial charge on any atom is 0.120 e. The van der Waals surface area contributed by atoms with E-state index in [2.05, 4.69) is 54.2 Å². The predicted molar refractivity (Wildman–Crippen MR) is 86.5 cm³/mol. The summed E-state index contributed by atoms with van der Waals surface area (Å²) >= 11 is 1.74. The molecule has 0 bridgehead atoms. The lowest BCUT2D eigenvalue weighted by atomic mass is 10.1. The summed E-state index contributed by atoms with van der Waals surface area (Å²) in [6.07, 6.45) is 0.207. The Morgan fingerprint density at radius 3 is 2.40 bits per heavy atom. The average molecular weight is 289 g/mol. The van der Waals surface area contributed by atoms with E-state index >= 15 is 0 Å². The van der Waals surface area contributed by atoms with Crippen LogP contribution in [0.4, 0.5) is 0 Å². The van der Waals surface area contributed by atoms with Crippen LogP contribution in [0.1, 0.15) is 50.9 Å². The SMILES string of the molecule is CC(C)Oc1cccc(C(C)NC(C)c2ccsc2)c1. The number of benzene rings is 1. The van der Waals surface area contributed by atoms with Gasteiger partial charge in [-0.1, -0.05) is 12.1 Å². The van der Waals surface area contributed by atoms with Gasteiger partial charge in [0.1, 0.15) is 5.75 Å². The van der Waals surface area contributed by atoms with Crippen LogP contribution in [0.3, 0.4) is 0 Å². The van der Waals surface area contributed by atoms with Crippen molar-refractivity contribution < 1.29 is 4.74 Å². The summed E-state index contributed by atoms with van der Waals surface area (Å²) in [5.41, 5.74) is 2.60. The minimum atomic E-state index is 0.207. The topological polar surface area (TPSA) is 21.3 Å². The first kappa shape index (κ1) is 15.1. The van der Waals surface area contributed by atoms with Crippen molar-refractivity contribution in [1.29, 1.82) is 0 Å². The molecule has 108 valence electrons. The Labute approximate surface area is 125 Å². The number of nitrogens with one attached hydrogen (secondary N) is 1. The van der Waals surface area contributed by atoms with Gasteiger partial charge in [-0.15, -0.1) is 0 Å². The maximum atomic E-state index is 5.76. The molecule has 3 heteroatoms. The zero-order valence-corrected chi connectivity index (χ0v) is 13.4. The van der Waals surface area contributed by atoms with Gasteiger partial charge in [0.15, 0.2) is 0 Å². The molecule has 1 N–H and O–H groups in total. The fourth-order valence-electron chi connectivity index (χ4n) is 2.22. The Bertz CT molecular complexity index is 522. The van der Waals surface area contributed by atoms with Crippen LogP contribution in [0.2, 0.25) is 0 Å². The molecule has 0 amide bonds. The number of hydrogen-bond donors (Lipinski definition) is 1. The van der Waals surface area contributed by atoms with Crippen molar-refractivity contribution in [2.45, 2.75) is 45.9 Å². The summed E-state index contributed by atoms with van der Waals surface area (Å²) in [7, 11) is 0. The lowest BCUT2D eigenvalue weighted by Crippen LogP contribution is -2.22. The molecule has 1 aromatic heterocycles. The molecular weight excluding hydrogens is 266 g/mol. The van der Waals surface area contributed by atoms with Crippen molar-refractivity contribution in [3.05, 3.63) is 52.2 Å². The van der Waals surface area contributed by atoms with Gasteiger partial charge < -0.3 is 10.1 Å². The normalized spacial score (nSPS) is 14.2. The first-order valence-corrected chi connectivity index (χ1v) is 8.05. The molecule has 0 aliphatic carbocycles. The molecule has 20 heavy (non-hydrogen) atoms. The van der Waals surface area contributed by atoms with E-state index in [1.54, 1.807) is 11.3 Å². The average Bonchev–Trinajstić information content (AvgIpc) is 2.92. The van der Waals surface area contributed by atoms with Crippen LogP contribution in [0.5, 0.6) is 5.75 Å². The van der Waals surface area contributed by atoms with Gasteiger partial charge >= 0.3 is 0 Å². The quantitative estimate of drug-likeness (QED) is 0.812. The summed E-state index contributed by atoms with van der Waals surface area (Å²) < 4.78 is 5.76. The van der Waals surface area contributed by atoms with Gasteiger partial charge in [0.05, 0.1) is 6.10 Å². The van der Waals surface area contributed by atoms with Crippen molar-refractivity contribution in [1.82, 2.24) is 5.32 Å². The van der Waals surface area contributed by atoms with Crippen LogP contribution in [-0.4, -0.2) is 6.10 Å². The zero-order valence-electron chi connectivity index (χ0n) is 12.6. The second-order valence-corrected chi connectivity index (χ2v) is 6.19. The van der Waals surface area contributed by atoms with Crippen molar-refractivity contribution in [3.8, 4) is 5.75 Å². The van der Waals surface area contributed by atoms with Gasteiger partial charge in [-0.25, -0.2) is 0 Å². The van der Waals surface area contributed by atoms with Crippen LogP contribution in [0, 0.1) is 0 Å². The summed E-state index contributed by atoms with van der Waals surface area (Å²) in [6, 6.07) is 11.2. The molecule has 0 radical (unpaired) electrons. The molecule has 2 unspecified atom stereocenters. The summed E-state index contributed by atoms with van der Waals surface area (Å²) in [5, 5.41) is 7.95. The molecule has 0 spiro atoms. The minimum Gasteiger partial charge on any atom is -0.491 e. The Kier molecular flexibility index (Phi) is 5.21. The molecule has 2 aromatic rings. The lowest BCUT2D eigenvalue weighted by Gasteiger charge is -2.20. The van der Waals surface area contributed by atoms with E-state index in [4.69, 9.17) is 4.74 Å². The molecule has 0 aliphatic rings. The van der Waals surface area contributed by atoms with E-state index in [9.17, 15) is 0 Å². The Morgan fingerprint density at radius 1 is 1.00 bits per heavy atom. The second kappa shape index (κ2) is 6.91. The highest BCUT2D eigenvalue weighted by Crippen LogP contribution is 2.24. The van der Waals surface area contributed by atoms with Crippen LogP contribution in [-0.2, 0) is 0 Å². The third kappa shape index (κ3) is 4.09. The molecule has 0 saturated heterocycles. The second-order valence-electron chi connectivity index (χ2n) is 5.41. The molecule has 0 fully saturated rings. The number of hydrogen-bond acceptors (Lipinski definition) is 3. The van der Waals surface area contributed by atoms with E-state index < -0.39 is 0 Å². The van der Waals surface area contributed by atoms with Crippen LogP contribution in [0.15, 0.2) is 41.1 Å². The van der Waals surface area contributed by atoms with E-state index in [1.165, 1.54) is 11.1 Å². The number of thiophene rings is 1. The first-order valence-electron chi connectivity index (χ1n) is 7.11. The maximum absolute atomic E-state index is 5.76. The fourth-order valence-corrected chi connectivity index (χ4v) is 2.97. The van der Waals surface area contributed by atoms with E-state index in [-0.39, 0.29) is 6.10 Å². The van der Waals surface area contributed by atoms with Crippen molar-refractivity contribution in [2.75, 3.05) is 0 Å². The predicted octanol–water partition coefficient (Wildman–Crippen LogP) is 4.95. The standard InChI is InChI=1S/C17H23NOS/c1-12(2)19-17-7-5-6-15(10-17)13(3)18-14(4)16-8-9-20-11-16/h5-14,18H,1-4H3. The van der Waals surface area contributed by atoms with Crippen LogP contribution >= 0.6 is 11.3 Å². The molecule has 0 saturated carbocycles. The molecular formula is C17H23NOS. The van der Waals surface area contributed by atoms with Crippen LogP contribution in [0.25, 0.3) is 0 Å². The van der Waals surface area contributed by atoms with Crippen molar-refractivity contribution in [2.24, 2.45) is 0 Å². The van der Waals surface area contributed by atoms with Gasteiger partial charge in [-0.2, -0.15) is 11.3 Å². The third-order valence-corrected chi connectivity index (χ3v) is 3.97. The monoisotopic (exact) mass is 289 g/mol.